The van der Waals surface area contributed by atoms with Gasteiger partial charge in [-0.1, -0.05) is 13.0 Å². The molecule has 1 aromatic rings. The van der Waals surface area contributed by atoms with Gasteiger partial charge in [0.25, 0.3) is 0 Å². The van der Waals surface area contributed by atoms with Crippen molar-refractivity contribution in [2.24, 2.45) is 0 Å². The van der Waals surface area contributed by atoms with Gasteiger partial charge in [-0.25, -0.2) is 0 Å². The number of nitriles is 1. The molecule has 1 unspecified atom stereocenters. The van der Waals surface area contributed by atoms with Crippen LogP contribution in [0, 0.1) is 21.4 Å². The quantitative estimate of drug-likeness (QED) is 0.463. The highest BCUT2D eigenvalue weighted by Gasteiger charge is 2.17. The van der Waals surface area contributed by atoms with Crippen molar-refractivity contribution in [3.63, 3.8) is 0 Å². The zero-order valence-electron chi connectivity index (χ0n) is 11.0. The summed E-state index contributed by atoms with van der Waals surface area (Å²) in [6, 6.07) is 6.65. The first kappa shape index (κ1) is 14.9. The van der Waals surface area contributed by atoms with E-state index in [0.717, 1.165) is 18.5 Å². The van der Waals surface area contributed by atoms with Crippen molar-refractivity contribution in [1.82, 2.24) is 5.32 Å². The maximum Gasteiger partial charge on any atom is 0.311 e. The Bertz CT molecular complexity index is 483. The van der Waals surface area contributed by atoms with E-state index in [1.165, 1.54) is 12.1 Å². The molecule has 102 valence electrons. The topological polar surface area (TPSA) is 88.2 Å². The molecule has 0 aliphatic rings. The van der Waals surface area contributed by atoms with Crippen molar-refractivity contribution in [1.29, 1.82) is 5.26 Å². The van der Waals surface area contributed by atoms with E-state index in [1.54, 1.807) is 13.0 Å². The second-order valence-electron chi connectivity index (χ2n) is 4.13. The fourth-order valence-electron chi connectivity index (χ4n) is 1.54. The molecule has 0 spiro atoms. The molecule has 6 nitrogen and oxygen atoms in total. The second kappa shape index (κ2) is 7.34. The van der Waals surface area contributed by atoms with Crippen LogP contribution < -0.4 is 10.1 Å². The zero-order valence-corrected chi connectivity index (χ0v) is 11.0. The first-order valence-corrected chi connectivity index (χ1v) is 6.12. The van der Waals surface area contributed by atoms with E-state index in [-0.39, 0.29) is 11.4 Å². The normalized spacial score (nSPS) is 11.6. The summed E-state index contributed by atoms with van der Waals surface area (Å²) >= 11 is 0. The van der Waals surface area contributed by atoms with Crippen LogP contribution in [0.2, 0.25) is 0 Å². The van der Waals surface area contributed by atoms with Crippen molar-refractivity contribution >= 4 is 5.69 Å². The molecule has 6 heteroatoms. The summed E-state index contributed by atoms with van der Waals surface area (Å²) in [4.78, 5) is 10.5. The summed E-state index contributed by atoms with van der Waals surface area (Å²) < 4.78 is 5.21. The molecule has 1 aromatic carbocycles. The Labute approximate surface area is 112 Å². The highest BCUT2D eigenvalue weighted by atomic mass is 16.6. The average Bonchev–Trinajstić information content (AvgIpc) is 2.40. The third-order valence-electron chi connectivity index (χ3n) is 2.46. The van der Waals surface area contributed by atoms with Crippen LogP contribution in [0.5, 0.6) is 5.75 Å². The molecule has 1 N–H and O–H groups in total. The molecule has 19 heavy (non-hydrogen) atoms. The smallest absolute Gasteiger partial charge is 0.311 e. The molecule has 0 heterocycles. The predicted octanol–water partition coefficient (Wildman–Crippen LogP) is 2.39. The minimum atomic E-state index is -0.720. The first-order valence-electron chi connectivity index (χ1n) is 6.12. The molecular weight excluding hydrogens is 246 g/mol. The number of benzene rings is 1. The largest absolute Gasteiger partial charge is 0.469 e. The van der Waals surface area contributed by atoms with E-state index in [1.807, 2.05) is 6.07 Å². The van der Waals surface area contributed by atoms with E-state index in [9.17, 15) is 10.1 Å². The van der Waals surface area contributed by atoms with E-state index < -0.39 is 11.0 Å². The monoisotopic (exact) mass is 263 g/mol. The van der Waals surface area contributed by atoms with E-state index in [0.29, 0.717) is 6.54 Å². The highest BCUT2D eigenvalue weighted by Crippen LogP contribution is 2.28. The second-order valence-corrected chi connectivity index (χ2v) is 4.13. The minimum Gasteiger partial charge on any atom is -0.469 e. The predicted molar refractivity (Wildman–Crippen MR) is 70.8 cm³/mol. The van der Waals surface area contributed by atoms with Crippen LogP contribution in [0.4, 0.5) is 5.69 Å². The number of nitrogens with zero attached hydrogens (tertiary/aromatic N) is 2. The van der Waals surface area contributed by atoms with Crippen LogP contribution in [0.1, 0.15) is 25.8 Å². The van der Waals surface area contributed by atoms with Crippen LogP contribution in [-0.4, -0.2) is 17.6 Å². The number of nitro benzene ring substituents is 1. The average molecular weight is 263 g/mol. The van der Waals surface area contributed by atoms with Gasteiger partial charge in [-0.2, -0.15) is 5.26 Å². The standard InChI is InChI=1S/C13H17N3O3/c1-3-6-15-9-11-4-5-13(19-10(2)8-14)12(7-11)16(17)18/h4-5,7,10,15H,3,6,9H2,1-2H3. The third kappa shape index (κ3) is 4.56. The summed E-state index contributed by atoms with van der Waals surface area (Å²) in [7, 11) is 0. The lowest BCUT2D eigenvalue weighted by atomic mass is 10.2. The Morgan fingerprint density at radius 3 is 2.89 bits per heavy atom. The summed E-state index contributed by atoms with van der Waals surface area (Å²) in [5.74, 6) is 0.123. The molecule has 0 aromatic heterocycles. The fourth-order valence-corrected chi connectivity index (χ4v) is 1.54. The number of hydrogen-bond donors (Lipinski definition) is 1. The summed E-state index contributed by atoms with van der Waals surface area (Å²) in [6.45, 7) is 5.02. The first-order chi connectivity index (χ1) is 9.08. The Hall–Kier alpha value is -2.13. The van der Waals surface area contributed by atoms with Gasteiger partial charge in [0, 0.05) is 12.6 Å². The van der Waals surface area contributed by atoms with Gasteiger partial charge in [0.2, 0.25) is 0 Å². The van der Waals surface area contributed by atoms with Crippen molar-refractivity contribution in [3.8, 4) is 11.8 Å². The van der Waals surface area contributed by atoms with Gasteiger partial charge < -0.3 is 10.1 Å². The minimum absolute atomic E-state index is 0.113. The maximum atomic E-state index is 11.0. The summed E-state index contributed by atoms with van der Waals surface area (Å²) in [5.41, 5.74) is 0.704. The number of nitrogens with one attached hydrogen (secondary N) is 1. The number of ether oxygens (including phenoxy) is 1. The van der Waals surface area contributed by atoms with Gasteiger partial charge in [0.05, 0.1) is 4.92 Å². The number of nitro groups is 1. The van der Waals surface area contributed by atoms with Crippen molar-refractivity contribution in [3.05, 3.63) is 33.9 Å². The van der Waals surface area contributed by atoms with Gasteiger partial charge in [-0.05, 0) is 31.5 Å². The Balaban J connectivity index is 2.89. The van der Waals surface area contributed by atoms with Crippen molar-refractivity contribution < 1.29 is 9.66 Å². The van der Waals surface area contributed by atoms with Crippen LogP contribution in [0.15, 0.2) is 18.2 Å². The molecule has 0 radical (unpaired) electrons. The Kier molecular flexibility index (Phi) is 5.76. The molecule has 1 rings (SSSR count). The van der Waals surface area contributed by atoms with Crippen LogP contribution >= 0.6 is 0 Å². The molecular formula is C13H17N3O3. The lowest BCUT2D eigenvalue weighted by Crippen LogP contribution is -2.14. The third-order valence-corrected chi connectivity index (χ3v) is 2.46. The van der Waals surface area contributed by atoms with Crippen molar-refractivity contribution in [2.75, 3.05) is 6.54 Å². The van der Waals surface area contributed by atoms with Gasteiger partial charge in [0.1, 0.15) is 6.07 Å². The highest BCUT2D eigenvalue weighted by molar-refractivity contribution is 5.49. The van der Waals surface area contributed by atoms with Gasteiger partial charge in [0.15, 0.2) is 11.9 Å². The molecule has 0 aliphatic carbocycles. The summed E-state index contributed by atoms with van der Waals surface area (Å²) in [6.07, 6.45) is 0.283. The van der Waals surface area contributed by atoms with E-state index in [2.05, 4.69) is 12.2 Å². The molecule has 0 aliphatic heterocycles. The number of rotatable bonds is 7. The van der Waals surface area contributed by atoms with Gasteiger partial charge >= 0.3 is 5.69 Å². The van der Waals surface area contributed by atoms with Gasteiger partial charge in [-0.3, -0.25) is 10.1 Å². The lowest BCUT2D eigenvalue weighted by Gasteiger charge is -2.09. The van der Waals surface area contributed by atoms with Crippen molar-refractivity contribution in [2.45, 2.75) is 32.9 Å². The van der Waals surface area contributed by atoms with Crippen LogP contribution in [-0.2, 0) is 6.54 Å². The molecule has 0 saturated heterocycles. The van der Waals surface area contributed by atoms with E-state index in [4.69, 9.17) is 10.00 Å². The van der Waals surface area contributed by atoms with Gasteiger partial charge in [-0.15, -0.1) is 0 Å². The lowest BCUT2D eigenvalue weighted by molar-refractivity contribution is -0.386. The van der Waals surface area contributed by atoms with Crippen LogP contribution in [0.25, 0.3) is 0 Å². The molecule has 0 bridgehead atoms. The fraction of sp³-hybridized carbons (Fsp3) is 0.462. The van der Waals surface area contributed by atoms with E-state index >= 15 is 0 Å². The van der Waals surface area contributed by atoms with Crippen LogP contribution in [0.3, 0.4) is 0 Å². The molecule has 1 atom stereocenters. The summed E-state index contributed by atoms with van der Waals surface area (Å²) in [5, 5.41) is 22.8. The number of hydrogen-bond acceptors (Lipinski definition) is 5. The Morgan fingerprint density at radius 1 is 1.58 bits per heavy atom. The molecule has 0 saturated carbocycles. The zero-order chi connectivity index (χ0) is 14.3. The Morgan fingerprint density at radius 2 is 2.32 bits per heavy atom. The maximum absolute atomic E-state index is 11.0. The molecule has 0 fully saturated rings. The molecule has 0 amide bonds. The SMILES string of the molecule is CCCNCc1ccc(OC(C)C#N)c([N+](=O)[O-])c1.